The fourth-order valence-electron chi connectivity index (χ4n) is 1.56. The number of phenols is 1. The summed E-state index contributed by atoms with van der Waals surface area (Å²) in [6.07, 6.45) is 0. The third-order valence-corrected chi connectivity index (χ3v) is 3.88. The van der Waals surface area contributed by atoms with Crippen molar-refractivity contribution in [3.63, 3.8) is 0 Å². The van der Waals surface area contributed by atoms with Crippen molar-refractivity contribution in [3.05, 3.63) is 45.1 Å². The zero-order valence-electron chi connectivity index (χ0n) is 11.0. The maximum Gasteiger partial charge on any atom is 0.342 e. The van der Waals surface area contributed by atoms with Crippen LogP contribution in [-0.2, 0) is 4.74 Å². The molecule has 0 aliphatic carbocycles. The van der Waals surface area contributed by atoms with Gasteiger partial charge in [0.15, 0.2) is 6.61 Å². The Morgan fingerprint density at radius 3 is 2.62 bits per heavy atom. The third-order valence-electron chi connectivity index (χ3n) is 2.61. The van der Waals surface area contributed by atoms with Gasteiger partial charge in [0.2, 0.25) is 5.78 Å². The van der Waals surface area contributed by atoms with Crippen molar-refractivity contribution >= 4 is 34.7 Å². The highest BCUT2D eigenvalue weighted by atomic mass is 35.5. The van der Waals surface area contributed by atoms with Crippen LogP contribution in [0.15, 0.2) is 30.3 Å². The molecule has 0 saturated carbocycles. The molecule has 7 heteroatoms. The van der Waals surface area contributed by atoms with E-state index in [0.717, 1.165) is 11.3 Å². The molecule has 0 spiro atoms. The zero-order valence-corrected chi connectivity index (χ0v) is 12.5. The molecule has 0 aliphatic heterocycles. The molecular formula is C14H11ClO5S. The molecule has 0 unspecified atom stereocenters. The van der Waals surface area contributed by atoms with Gasteiger partial charge in [-0.2, -0.15) is 0 Å². The summed E-state index contributed by atoms with van der Waals surface area (Å²) in [7, 11) is 1.44. The second-order valence-electron chi connectivity index (χ2n) is 3.99. The second kappa shape index (κ2) is 6.60. The Bertz CT molecular complexity index is 680. The molecule has 0 atom stereocenters. The number of methoxy groups -OCH3 is 1. The highest BCUT2D eigenvalue weighted by Gasteiger charge is 2.16. The van der Waals surface area contributed by atoms with Crippen LogP contribution in [0.2, 0.25) is 4.34 Å². The first-order chi connectivity index (χ1) is 10.0. The molecule has 0 radical (unpaired) electrons. The number of thiophene rings is 1. The van der Waals surface area contributed by atoms with Crippen molar-refractivity contribution in [2.45, 2.75) is 0 Å². The van der Waals surface area contributed by atoms with Crippen molar-refractivity contribution in [1.29, 1.82) is 0 Å². The van der Waals surface area contributed by atoms with Crippen LogP contribution in [0.3, 0.4) is 0 Å². The largest absolute Gasteiger partial charge is 0.507 e. The number of Topliss-reactive ketones (excluding diaryl/α,β-unsaturated/α-hetero) is 1. The van der Waals surface area contributed by atoms with Gasteiger partial charge in [-0.05, 0) is 24.3 Å². The average molecular weight is 327 g/mol. The zero-order chi connectivity index (χ0) is 15.4. The Hall–Kier alpha value is -2.05. The van der Waals surface area contributed by atoms with Gasteiger partial charge in [-0.3, -0.25) is 4.79 Å². The minimum absolute atomic E-state index is 0.0344. The van der Waals surface area contributed by atoms with Crippen molar-refractivity contribution in [2.24, 2.45) is 0 Å². The fraction of sp³-hybridized carbons (Fsp3) is 0.143. The van der Waals surface area contributed by atoms with Crippen molar-refractivity contribution < 1.29 is 24.2 Å². The molecule has 1 aromatic heterocycles. The number of phenolic OH excluding ortho intramolecular Hbond substituents is 1. The van der Waals surface area contributed by atoms with Crippen LogP contribution in [-0.4, -0.2) is 30.6 Å². The van der Waals surface area contributed by atoms with Gasteiger partial charge >= 0.3 is 5.97 Å². The first kappa shape index (κ1) is 15.3. The Morgan fingerprint density at radius 2 is 2.05 bits per heavy atom. The number of aromatic hydroxyl groups is 1. The Labute approximate surface area is 129 Å². The first-order valence-electron chi connectivity index (χ1n) is 5.84. The molecule has 1 heterocycles. The SMILES string of the molecule is COc1ccc(C(=O)OCC(=O)c2ccc(Cl)s2)c(O)c1. The Morgan fingerprint density at radius 1 is 1.29 bits per heavy atom. The molecule has 5 nitrogen and oxygen atoms in total. The average Bonchev–Trinajstić information content (AvgIpc) is 2.90. The van der Waals surface area contributed by atoms with Gasteiger partial charge in [0.05, 0.1) is 16.3 Å². The maximum absolute atomic E-state index is 11.8. The lowest BCUT2D eigenvalue weighted by Gasteiger charge is -2.06. The van der Waals surface area contributed by atoms with E-state index in [1.165, 1.54) is 25.3 Å². The van der Waals surface area contributed by atoms with Gasteiger partial charge in [0.1, 0.15) is 17.1 Å². The summed E-state index contributed by atoms with van der Waals surface area (Å²) in [5.74, 6) is -1.00. The van der Waals surface area contributed by atoms with Crippen molar-refractivity contribution in [1.82, 2.24) is 0 Å². The number of ketones is 1. The third kappa shape index (κ3) is 3.74. The summed E-state index contributed by atoms with van der Waals surface area (Å²) >= 11 is 6.84. The lowest BCUT2D eigenvalue weighted by molar-refractivity contribution is 0.0473. The smallest absolute Gasteiger partial charge is 0.342 e. The molecule has 1 aromatic carbocycles. The Kier molecular flexibility index (Phi) is 4.82. The van der Waals surface area contributed by atoms with Gasteiger partial charge in [0.25, 0.3) is 0 Å². The van der Waals surface area contributed by atoms with Crippen LogP contribution in [0.5, 0.6) is 11.5 Å². The minimum atomic E-state index is -0.786. The van der Waals surface area contributed by atoms with Crippen LogP contribution >= 0.6 is 22.9 Å². The second-order valence-corrected chi connectivity index (χ2v) is 5.70. The number of hydrogen-bond donors (Lipinski definition) is 1. The van der Waals surface area contributed by atoms with Gasteiger partial charge in [0, 0.05) is 6.07 Å². The van der Waals surface area contributed by atoms with Gasteiger partial charge in [-0.1, -0.05) is 11.6 Å². The first-order valence-corrected chi connectivity index (χ1v) is 7.03. The van der Waals surface area contributed by atoms with Crippen LogP contribution < -0.4 is 4.74 Å². The molecule has 110 valence electrons. The number of ether oxygens (including phenoxy) is 2. The van der Waals surface area contributed by atoms with Crippen LogP contribution in [0.25, 0.3) is 0 Å². The van der Waals surface area contributed by atoms with E-state index in [1.807, 2.05) is 0 Å². The minimum Gasteiger partial charge on any atom is -0.507 e. The number of benzene rings is 1. The van der Waals surface area contributed by atoms with E-state index >= 15 is 0 Å². The lowest BCUT2D eigenvalue weighted by Crippen LogP contribution is -2.13. The van der Waals surface area contributed by atoms with E-state index in [4.69, 9.17) is 21.1 Å². The molecule has 21 heavy (non-hydrogen) atoms. The number of carbonyl (C=O) groups is 2. The van der Waals surface area contributed by atoms with E-state index in [0.29, 0.717) is 15.0 Å². The summed E-state index contributed by atoms with van der Waals surface area (Å²) in [5, 5.41) is 9.70. The normalized spacial score (nSPS) is 10.2. The standard InChI is InChI=1S/C14H11ClO5S/c1-19-8-2-3-9(10(16)6-8)14(18)20-7-11(17)12-4-5-13(15)21-12/h2-6,16H,7H2,1H3. The Balaban J connectivity index is 2.00. The molecule has 0 aliphatic rings. The van der Waals surface area contributed by atoms with Crippen LogP contribution in [0, 0.1) is 0 Å². The van der Waals surface area contributed by atoms with Crippen LogP contribution in [0.1, 0.15) is 20.0 Å². The summed E-state index contributed by atoms with van der Waals surface area (Å²) in [5.41, 5.74) is -0.0344. The number of carbonyl (C=O) groups excluding carboxylic acids is 2. The molecule has 0 amide bonds. The topological polar surface area (TPSA) is 72.8 Å². The summed E-state index contributed by atoms with van der Waals surface area (Å²) in [4.78, 5) is 24.0. The highest BCUT2D eigenvalue weighted by Crippen LogP contribution is 2.25. The van der Waals surface area contributed by atoms with E-state index < -0.39 is 12.6 Å². The fourth-order valence-corrected chi connectivity index (χ4v) is 2.52. The van der Waals surface area contributed by atoms with E-state index in [9.17, 15) is 14.7 Å². The predicted molar refractivity (Wildman–Crippen MR) is 78.6 cm³/mol. The number of hydrogen-bond acceptors (Lipinski definition) is 6. The molecule has 1 N–H and O–H groups in total. The van der Waals surface area contributed by atoms with Crippen molar-refractivity contribution in [2.75, 3.05) is 13.7 Å². The molecule has 2 rings (SSSR count). The van der Waals surface area contributed by atoms with Crippen molar-refractivity contribution in [3.8, 4) is 11.5 Å². The number of esters is 1. The van der Waals surface area contributed by atoms with Gasteiger partial charge in [-0.15, -0.1) is 11.3 Å². The predicted octanol–water partition coefficient (Wildman–Crippen LogP) is 3.16. The van der Waals surface area contributed by atoms with Gasteiger partial charge < -0.3 is 14.6 Å². The molecular weight excluding hydrogens is 316 g/mol. The van der Waals surface area contributed by atoms with E-state index in [-0.39, 0.29) is 17.1 Å². The highest BCUT2D eigenvalue weighted by molar-refractivity contribution is 7.18. The molecule has 0 saturated heterocycles. The molecule has 2 aromatic rings. The van der Waals surface area contributed by atoms with E-state index in [2.05, 4.69) is 0 Å². The maximum atomic E-state index is 11.8. The molecule has 0 bridgehead atoms. The molecule has 0 fully saturated rings. The lowest BCUT2D eigenvalue weighted by atomic mass is 10.2. The summed E-state index contributed by atoms with van der Waals surface area (Å²) < 4.78 is 10.3. The van der Waals surface area contributed by atoms with Gasteiger partial charge in [-0.25, -0.2) is 4.79 Å². The quantitative estimate of drug-likeness (QED) is 0.675. The van der Waals surface area contributed by atoms with E-state index in [1.54, 1.807) is 12.1 Å². The number of halogens is 1. The number of rotatable bonds is 5. The van der Waals surface area contributed by atoms with Crippen LogP contribution in [0.4, 0.5) is 0 Å². The summed E-state index contributed by atoms with van der Waals surface area (Å²) in [6, 6.07) is 7.32. The summed E-state index contributed by atoms with van der Waals surface area (Å²) in [6.45, 7) is -0.416. The monoisotopic (exact) mass is 326 g/mol.